The molecule has 148 valence electrons. The second kappa shape index (κ2) is 8.28. The number of nitrogens with two attached hydrogens (primary N) is 1. The molecule has 10 heteroatoms. The summed E-state index contributed by atoms with van der Waals surface area (Å²) in [4.78, 5) is 4.39. The van der Waals surface area contributed by atoms with Gasteiger partial charge in [-0.15, -0.1) is 0 Å². The minimum atomic E-state index is -3.68. The highest BCUT2D eigenvalue weighted by Crippen LogP contribution is 2.31. The van der Waals surface area contributed by atoms with Gasteiger partial charge in [0, 0.05) is 12.1 Å². The minimum Gasteiger partial charge on any atom is -0.493 e. The Balaban J connectivity index is 1.61. The van der Waals surface area contributed by atoms with Crippen LogP contribution in [0, 0.1) is 0 Å². The van der Waals surface area contributed by atoms with E-state index in [4.69, 9.17) is 19.1 Å². The minimum absolute atomic E-state index is 0.0840. The number of anilines is 1. The van der Waals surface area contributed by atoms with E-state index in [1.807, 2.05) is 6.07 Å². The highest BCUT2D eigenvalue weighted by atomic mass is 32.2. The standard InChI is InChI=1S/C18H20N4O5S/c1-25-15-8-5-13(11-16(15)26-2)17-21-18(27-22-17)20-10-9-12-3-6-14(7-4-12)28(19,23)24/h3-8,11H,9-10H2,1-2H3,(H2,19,23,24)(H,20,21,22). The van der Waals surface area contributed by atoms with Crippen LogP contribution in [0.15, 0.2) is 51.9 Å². The summed E-state index contributed by atoms with van der Waals surface area (Å²) in [7, 11) is -0.560. The average Bonchev–Trinajstić information content (AvgIpc) is 3.16. The molecule has 0 aliphatic rings. The fourth-order valence-electron chi connectivity index (χ4n) is 2.55. The highest BCUT2D eigenvalue weighted by molar-refractivity contribution is 7.89. The van der Waals surface area contributed by atoms with Crippen molar-refractivity contribution < 1.29 is 22.4 Å². The summed E-state index contributed by atoms with van der Waals surface area (Å²) in [6.45, 7) is 0.530. The zero-order valence-electron chi connectivity index (χ0n) is 15.4. The Labute approximate surface area is 162 Å². The maximum Gasteiger partial charge on any atom is 0.321 e. The van der Waals surface area contributed by atoms with Crippen LogP contribution in [-0.2, 0) is 16.4 Å². The van der Waals surface area contributed by atoms with Crippen molar-refractivity contribution in [1.82, 2.24) is 10.1 Å². The van der Waals surface area contributed by atoms with Crippen LogP contribution in [0.2, 0.25) is 0 Å². The Kier molecular flexibility index (Phi) is 5.81. The smallest absolute Gasteiger partial charge is 0.321 e. The third kappa shape index (κ3) is 4.59. The van der Waals surface area contributed by atoms with Crippen LogP contribution in [0.25, 0.3) is 11.4 Å². The molecule has 3 N–H and O–H groups in total. The maximum absolute atomic E-state index is 11.3. The molecular weight excluding hydrogens is 384 g/mol. The Hall–Kier alpha value is -3.11. The number of hydrogen-bond donors (Lipinski definition) is 2. The van der Waals surface area contributed by atoms with Gasteiger partial charge in [-0.2, -0.15) is 4.98 Å². The summed E-state index contributed by atoms with van der Waals surface area (Å²) in [6.07, 6.45) is 0.638. The number of primary sulfonamides is 1. The molecule has 0 aliphatic heterocycles. The van der Waals surface area contributed by atoms with Crippen LogP contribution in [0.5, 0.6) is 11.5 Å². The predicted octanol–water partition coefficient (Wildman–Crippen LogP) is 2.06. The molecule has 3 rings (SSSR count). The van der Waals surface area contributed by atoms with Gasteiger partial charge in [0.1, 0.15) is 0 Å². The molecule has 1 heterocycles. The summed E-state index contributed by atoms with van der Waals surface area (Å²) in [5.74, 6) is 1.60. The molecule has 2 aromatic carbocycles. The molecule has 0 atom stereocenters. The number of sulfonamides is 1. The van der Waals surface area contributed by atoms with Crippen LogP contribution < -0.4 is 19.9 Å². The molecule has 0 fully saturated rings. The largest absolute Gasteiger partial charge is 0.493 e. The number of aromatic nitrogens is 2. The second-order valence-electron chi connectivity index (χ2n) is 5.86. The lowest BCUT2D eigenvalue weighted by Crippen LogP contribution is -2.12. The van der Waals surface area contributed by atoms with Gasteiger partial charge in [-0.25, -0.2) is 13.6 Å². The molecule has 0 amide bonds. The Bertz CT molecular complexity index is 1050. The van der Waals surface area contributed by atoms with Crippen LogP contribution in [0.3, 0.4) is 0 Å². The van der Waals surface area contributed by atoms with Gasteiger partial charge in [-0.05, 0) is 42.3 Å². The van der Waals surface area contributed by atoms with Gasteiger partial charge >= 0.3 is 6.01 Å². The first-order valence-electron chi connectivity index (χ1n) is 8.32. The van der Waals surface area contributed by atoms with Crippen LogP contribution in [-0.4, -0.2) is 39.3 Å². The van der Waals surface area contributed by atoms with E-state index in [9.17, 15) is 8.42 Å². The van der Waals surface area contributed by atoms with Crippen LogP contribution in [0.1, 0.15) is 5.56 Å². The van der Waals surface area contributed by atoms with E-state index in [0.717, 1.165) is 11.1 Å². The van der Waals surface area contributed by atoms with E-state index in [1.54, 1.807) is 38.5 Å². The first-order valence-corrected chi connectivity index (χ1v) is 9.87. The van der Waals surface area contributed by atoms with E-state index in [0.29, 0.717) is 30.3 Å². The Morgan fingerprint density at radius 3 is 2.43 bits per heavy atom. The Morgan fingerprint density at radius 1 is 1.07 bits per heavy atom. The normalized spacial score (nSPS) is 11.2. The molecular formula is C18H20N4O5S. The zero-order chi connectivity index (χ0) is 20.1. The number of hydrogen-bond acceptors (Lipinski definition) is 8. The molecule has 28 heavy (non-hydrogen) atoms. The molecule has 0 spiro atoms. The monoisotopic (exact) mass is 404 g/mol. The lowest BCUT2D eigenvalue weighted by atomic mass is 10.1. The molecule has 0 aliphatic carbocycles. The molecule has 0 radical (unpaired) electrons. The van der Waals surface area contributed by atoms with Crippen molar-refractivity contribution in [1.29, 1.82) is 0 Å². The van der Waals surface area contributed by atoms with Crippen molar-refractivity contribution >= 4 is 16.0 Å². The third-order valence-electron chi connectivity index (χ3n) is 4.01. The molecule has 9 nitrogen and oxygen atoms in total. The first-order chi connectivity index (χ1) is 13.4. The summed E-state index contributed by atoms with van der Waals surface area (Å²) < 4.78 is 38.2. The third-order valence-corrected chi connectivity index (χ3v) is 4.94. The quantitative estimate of drug-likeness (QED) is 0.583. The van der Waals surface area contributed by atoms with Crippen molar-refractivity contribution in [3.63, 3.8) is 0 Å². The van der Waals surface area contributed by atoms with Gasteiger partial charge in [0.25, 0.3) is 0 Å². The number of nitrogens with zero attached hydrogens (tertiary/aromatic N) is 2. The second-order valence-corrected chi connectivity index (χ2v) is 7.42. The lowest BCUT2D eigenvalue weighted by Gasteiger charge is -2.07. The number of benzene rings is 2. The topological polar surface area (TPSA) is 130 Å². The van der Waals surface area contributed by atoms with E-state index in [1.165, 1.54) is 12.1 Å². The van der Waals surface area contributed by atoms with Gasteiger partial charge in [-0.3, -0.25) is 0 Å². The van der Waals surface area contributed by atoms with Gasteiger partial charge in [-0.1, -0.05) is 17.3 Å². The van der Waals surface area contributed by atoms with Gasteiger partial charge < -0.3 is 19.3 Å². The summed E-state index contributed by atoms with van der Waals surface area (Å²) >= 11 is 0. The van der Waals surface area contributed by atoms with Crippen LogP contribution in [0.4, 0.5) is 6.01 Å². The predicted molar refractivity (Wildman–Crippen MR) is 103 cm³/mol. The average molecular weight is 404 g/mol. The van der Waals surface area contributed by atoms with Crippen molar-refractivity contribution in [3.05, 3.63) is 48.0 Å². The van der Waals surface area contributed by atoms with Crippen molar-refractivity contribution in [2.75, 3.05) is 26.1 Å². The van der Waals surface area contributed by atoms with Crippen molar-refractivity contribution in [3.8, 4) is 22.9 Å². The SMILES string of the molecule is COc1ccc(-c2noc(NCCc3ccc(S(N)(=O)=O)cc3)n2)cc1OC. The Morgan fingerprint density at radius 2 is 1.79 bits per heavy atom. The number of rotatable bonds is 8. The molecule has 3 aromatic rings. The van der Waals surface area contributed by atoms with Gasteiger partial charge in [0.05, 0.1) is 19.1 Å². The maximum atomic E-state index is 11.3. The van der Waals surface area contributed by atoms with Gasteiger partial charge in [0.2, 0.25) is 15.8 Å². The molecule has 0 saturated heterocycles. The highest BCUT2D eigenvalue weighted by Gasteiger charge is 2.12. The fraction of sp³-hybridized carbons (Fsp3) is 0.222. The summed E-state index contributed by atoms with van der Waals surface area (Å²) in [6, 6.07) is 12.0. The summed E-state index contributed by atoms with van der Waals surface area (Å²) in [5, 5.41) is 12.1. The van der Waals surface area contributed by atoms with Crippen LogP contribution >= 0.6 is 0 Å². The molecule has 0 bridgehead atoms. The van der Waals surface area contributed by atoms with Gasteiger partial charge in [0.15, 0.2) is 11.5 Å². The van der Waals surface area contributed by atoms with E-state index < -0.39 is 10.0 Å². The number of methoxy groups -OCH3 is 2. The molecule has 0 saturated carbocycles. The van der Waals surface area contributed by atoms with Crippen molar-refractivity contribution in [2.45, 2.75) is 11.3 Å². The lowest BCUT2D eigenvalue weighted by molar-refractivity contribution is 0.355. The molecule has 0 unspecified atom stereocenters. The van der Waals surface area contributed by atoms with E-state index in [-0.39, 0.29) is 10.9 Å². The summed E-state index contributed by atoms with van der Waals surface area (Å²) in [5.41, 5.74) is 1.67. The number of ether oxygens (including phenoxy) is 2. The fourth-order valence-corrected chi connectivity index (χ4v) is 3.06. The number of nitrogens with one attached hydrogen (secondary N) is 1. The zero-order valence-corrected chi connectivity index (χ0v) is 16.2. The van der Waals surface area contributed by atoms with Crippen molar-refractivity contribution in [2.24, 2.45) is 5.14 Å². The molecule has 1 aromatic heterocycles. The van der Waals surface area contributed by atoms with E-state index >= 15 is 0 Å². The first kappa shape index (κ1) is 19.6. The van der Waals surface area contributed by atoms with E-state index in [2.05, 4.69) is 15.5 Å².